The lowest BCUT2D eigenvalue weighted by molar-refractivity contribution is 0.399. The van der Waals surface area contributed by atoms with E-state index in [0.717, 1.165) is 82.4 Å². The molecular formula is C39H36N8O. The molecule has 0 aliphatic carbocycles. The van der Waals surface area contributed by atoms with E-state index in [0.29, 0.717) is 11.6 Å². The number of aryl methyl sites for hydroxylation is 1. The third kappa shape index (κ3) is 7.11. The highest BCUT2D eigenvalue weighted by Crippen LogP contribution is 2.33. The fourth-order valence-corrected chi connectivity index (χ4v) is 5.67. The van der Waals surface area contributed by atoms with E-state index in [-0.39, 0.29) is 0 Å². The Labute approximate surface area is 279 Å². The first-order chi connectivity index (χ1) is 23.6. The summed E-state index contributed by atoms with van der Waals surface area (Å²) in [4.78, 5) is 22.5. The van der Waals surface area contributed by atoms with Gasteiger partial charge in [0, 0.05) is 53.2 Å². The largest absolute Gasteiger partial charge is 0.400 e. The van der Waals surface area contributed by atoms with Crippen LogP contribution in [0.1, 0.15) is 12.0 Å². The maximum absolute atomic E-state index is 7.00. The van der Waals surface area contributed by atoms with Crippen LogP contribution in [0.4, 0.5) is 17.3 Å². The van der Waals surface area contributed by atoms with Crippen molar-refractivity contribution in [1.82, 2.24) is 24.9 Å². The van der Waals surface area contributed by atoms with Crippen molar-refractivity contribution in [3.05, 3.63) is 133 Å². The van der Waals surface area contributed by atoms with Crippen molar-refractivity contribution < 1.29 is 5.11 Å². The number of rotatable bonds is 4. The topological polar surface area (TPSA) is 149 Å². The summed E-state index contributed by atoms with van der Waals surface area (Å²) in [5.41, 5.74) is 22.6. The lowest BCUT2D eigenvalue weighted by Crippen LogP contribution is -2.11. The number of pyridine rings is 1. The number of aliphatic hydroxyl groups excluding tert-OH is 1. The highest BCUT2D eigenvalue weighted by atomic mass is 16.2. The predicted molar refractivity (Wildman–Crippen MR) is 195 cm³/mol. The van der Waals surface area contributed by atoms with E-state index < -0.39 is 0 Å². The molecule has 4 heterocycles. The average Bonchev–Trinajstić information content (AvgIpc) is 3.16. The Hall–Kier alpha value is -6.19. The van der Waals surface area contributed by atoms with Gasteiger partial charge in [-0.25, -0.2) is 9.97 Å². The van der Waals surface area contributed by atoms with E-state index >= 15 is 0 Å². The van der Waals surface area contributed by atoms with Crippen molar-refractivity contribution in [2.24, 2.45) is 0 Å². The van der Waals surface area contributed by atoms with Crippen LogP contribution in [0, 0.1) is 0 Å². The molecule has 9 heteroatoms. The van der Waals surface area contributed by atoms with E-state index in [1.807, 2.05) is 84.9 Å². The highest BCUT2D eigenvalue weighted by Gasteiger charge is 2.15. The van der Waals surface area contributed by atoms with E-state index in [1.165, 1.54) is 11.3 Å². The van der Waals surface area contributed by atoms with Crippen LogP contribution >= 0.6 is 0 Å². The van der Waals surface area contributed by atoms with Gasteiger partial charge in [-0.1, -0.05) is 78.9 Å². The number of benzene rings is 4. The summed E-state index contributed by atoms with van der Waals surface area (Å²) < 4.78 is 0. The van der Waals surface area contributed by atoms with Gasteiger partial charge >= 0.3 is 0 Å². The number of aromatic nitrogens is 5. The number of aliphatic hydroxyl groups is 1. The first kappa shape index (κ1) is 31.8. The van der Waals surface area contributed by atoms with Crippen molar-refractivity contribution in [1.29, 1.82) is 0 Å². The van der Waals surface area contributed by atoms with Crippen molar-refractivity contribution in [2.45, 2.75) is 12.8 Å². The summed E-state index contributed by atoms with van der Waals surface area (Å²) in [5.74, 6) is 0.849. The second-order valence-electron chi connectivity index (χ2n) is 11.0. The SMILES string of the molecule is CO.Nc1cnc(-c2ccc3c(c2)CCCN3)c(-c2ccccc2)n1.Nc1cnc(-c2ccc3ncccc3c2)c(-c2ccccc2)n1. The summed E-state index contributed by atoms with van der Waals surface area (Å²) in [5, 5.41) is 11.5. The van der Waals surface area contributed by atoms with Crippen molar-refractivity contribution >= 4 is 28.2 Å². The van der Waals surface area contributed by atoms with Crippen LogP contribution in [-0.2, 0) is 6.42 Å². The molecule has 3 aromatic heterocycles. The minimum Gasteiger partial charge on any atom is -0.400 e. The molecule has 1 aliphatic rings. The molecule has 0 saturated carbocycles. The number of anilines is 3. The highest BCUT2D eigenvalue weighted by molar-refractivity contribution is 5.87. The van der Waals surface area contributed by atoms with Gasteiger partial charge in [-0.15, -0.1) is 0 Å². The third-order valence-electron chi connectivity index (χ3n) is 7.87. The molecule has 0 saturated heterocycles. The molecule has 9 nitrogen and oxygen atoms in total. The molecule has 7 aromatic rings. The molecule has 0 bridgehead atoms. The third-order valence-corrected chi connectivity index (χ3v) is 7.87. The number of nitrogens with zero attached hydrogens (tertiary/aromatic N) is 5. The first-order valence-corrected chi connectivity index (χ1v) is 15.7. The van der Waals surface area contributed by atoms with Gasteiger partial charge < -0.3 is 21.9 Å². The zero-order valence-electron chi connectivity index (χ0n) is 26.6. The average molecular weight is 633 g/mol. The van der Waals surface area contributed by atoms with Gasteiger partial charge in [-0.3, -0.25) is 15.0 Å². The molecular weight excluding hydrogens is 596 g/mol. The zero-order chi connectivity index (χ0) is 33.3. The summed E-state index contributed by atoms with van der Waals surface area (Å²) in [6.07, 6.45) is 7.27. The minimum atomic E-state index is 0.412. The van der Waals surface area contributed by atoms with Crippen LogP contribution in [0.15, 0.2) is 128 Å². The van der Waals surface area contributed by atoms with Gasteiger partial charge in [0.2, 0.25) is 0 Å². The molecule has 0 fully saturated rings. The molecule has 8 rings (SSSR count). The smallest absolute Gasteiger partial charge is 0.142 e. The Morgan fingerprint density at radius 3 is 1.79 bits per heavy atom. The Morgan fingerprint density at radius 2 is 1.17 bits per heavy atom. The standard InChI is InChI=1S/C19H18N4.C19H14N4.CH4O/c2*20-17-12-22-18(19(23-17)13-5-2-1-3-6-13)15-8-9-16-14(11-15)7-4-10-21-16;1-2/h1-3,5-6,8-9,11-12,21H,4,7,10H2,(H2,20,23);1-12H,(H2,20,23);2H,1H3. The number of fused-ring (bicyclic) bond motifs is 2. The van der Waals surface area contributed by atoms with Crippen LogP contribution in [0.25, 0.3) is 55.9 Å². The second-order valence-corrected chi connectivity index (χ2v) is 11.0. The lowest BCUT2D eigenvalue weighted by Gasteiger charge is -2.19. The van der Waals surface area contributed by atoms with Crippen molar-refractivity contribution in [3.8, 4) is 45.0 Å². The van der Waals surface area contributed by atoms with E-state index in [1.54, 1.807) is 18.6 Å². The molecule has 0 unspecified atom stereocenters. The van der Waals surface area contributed by atoms with E-state index in [2.05, 4.69) is 54.5 Å². The number of nitrogens with one attached hydrogen (secondary N) is 1. The Morgan fingerprint density at radius 1 is 0.583 bits per heavy atom. The van der Waals surface area contributed by atoms with Gasteiger partial charge in [-0.05, 0) is 48.7 Å². The number of hydrogen-bond acceptors (Lipinski definition) is 9. The normalized spacial score (nSPS) is 11.6. The van der Waals surface area contributed by atoms with Crippen molar-refractivity contribution in [3.63, 3.8) is 0 Å². The predicted octanol–water partition coefficient (Wildman–Crippen LogP) is 7.30. The summed E-state index contributed by atoms with van der Waals surface area (Å²) in [7, 11) is 1.00. The summed E-state index contributed by atoms with van der Waals surface area (Å²) >= 11 is 0. The molecule has 6 N–H and O–H groups in total. The van der Waals surface area contributed by atoms with E-state index in [4.69, 9.17) is 16.6 Å². The molecule has 0 amide bonds. The zero-order valence-corrected chi connectivity index (χ0v) is 26.6. The quantitative estimate of drug-likeness (QED) is 0.157. The molecule has 48 heavy (non-hydrogen) atoms. The Kier molecular flexibility index (Phi) is 9.89. The van der Waals surface area contributed by atoms with Gasteiger partial charge in [0.15, 0.2) is 0 Å². The molecule has 1 aliphatic heterocycles. The number of hydrogen-bond donors (Lipinski definition) is 4. The fraction of sp³-hybridized carbons (Fsp3) is 0.103. The molecule has 0 atom stereocenters. The van der Waals surface area contributed by atoms with Crippen molar-refractivity contribution in [2.75, 3.05) is 30.4 Å². The first-order valence-electron chi connectivity index (χ1n) is 15.7. The van der Waals surface area contributed by atoms with Crippen LogP contribution in [-0.4, -0.2) is 43.7 Å². The Balaban J connectivity index is 0.000000159. The van der Waals surface area contributed by atoms with Crippen LogP contribution in [0.2, 0.25) is 0 Å². The fourth-order valence-electron chi connectivity index (χ4n) is 5.67. The minimum absolute atomic E-state index is 0.412. The van der Waals surface area contributed by atoms with Crippen LogP contribution in [0.5, 0.6) is 0 Å². The molecule has 238 valence electrons. The van der Waals surface area contributed by atoms with Gasteiger partial charge in [-0.2, -0.15) is 0 Å². The maximum atomic E-state index is 7.00. The van der Waals surface area contributed by atoms with Gasteiger partial charge in [0.25, 0.3) is 0 Å². The maximum Gasteiger partial charge on any atom is 0.142 e. The van der Waals surface area contributed by atoms with Gasteiger partial charge in [0.05, 0.1) is 40.7 Å². The molecule has 0 spiro atoms. The van der Waals surface area contributed by atoms with E-state index in [9.17, 15) is 0 Å². The van der Waals surface area contributed by atoms with Crippen LogP contribution < -0.4 is 16.8 Å². The summed E-state index contributed by atoms with van der Waals surface area (Å²) in [6, 6.07) is 36.5. The Bertz CT molecular complexity index is 2140. The second kappa shape index (κ2) is 14.9. The molecule has 0 radical (unpaired) electrons. The van der Waals surface area contributed by atoms with Crippen LogP contribution in [0.3, 0.4) is 0 Å². The number of nitrogens with two attached hydrogens (primary N) is 2. The monoisotopic (exact) mass is 632 g/mol. The molecule has 4 aromatic carbocycles. The van der Waals surface area contributed by atoms with Gasteiger partial charge in [0.1, 0.15) is 11.6 Å². The summed E-state index contributed by atoms with van der Waals surface area (Å²) in [6.45, 7) is 1.04. The number of nitrogen functional groups attached to an aromatic ring is 2. The lowest BCUT2D eigenvalue weighted by atomic mass is 9.97.